The summed E-state index contributed by atoms with van der Waals surface area (Å²) >= 11 is 0. The Balaban J connectivity index is 2.24. The molecule has 8 heteroatoms. The lowest BCUT2D eigenvalue weighted by molar-refractivity contribution is -0.140. The minimum absolute atomic E-state index is 0.0232. The Hall–Kier alpha value is -3.52. The van der Waals surface area contributed by atoms with Crippen molar-refractivity contribution in [2.75, 3.05) is 47.5 Å². The molecule has 2 aromatic rings. The van der Waals surface area contributed by atoms with Gasteiger partial charge in [0.1, 0.15) is 11.5 Å². The Bertz CT molecular complexity index is 1170. The summed E-state index contributed by atoms with van der Waals surface area (Å²) in [6.45, 7) is 10.4. The van der Waals surface area contributed by atoms with Gasteiger partial charge in [-0.1, -0.05) is 26.0 Å². The molecule has 0 aromatic heterocycles. The highest BCUT2D eigenvalue weighted by Crippen LogP contribution is 2.43. The van der Waals surface area contributed by atoms with Crippen molar-refractivity contribution in [3.05, 3.63) is 58.2 Å². The first-order valence-electron chi connectivity index (χ1n) is 12.1. The molecular weight excluding hydrogens is 460 g/mol. The largest absolute Gasteiger partial charge is 0.507 e. The highest BCUT2D eigenvalue weighted by molar-refractivity contribution is 6.46. The fraction of sp³-hybridized carbons (Fsp3) is 0.429. The highest BCUT2D eigenvalue weighted by atomic mass is 16.5. The number of aliphatic hydroxyl groups excluding tert-OH is 1. The molecule has 1 heterocycles. The van der Waals surface area contributed by atoms with Gasteiger partial charge in [0.05, 0.1) is 38.5 Å². The van der Waals surface area contributed by atoms with Crippen molar-refractivity contribution < 1.29 is 28.9 Å². The van der Waals surface area contributed by atoms with Gasteiger partial charge in [-0.15, -0.1) is 0 Å². The Morgan fingerprint density at radius 3 is 2.22 bits per heavy atom. The zero-order valence-corrected chi connectivity index (χ0v) is 22.2. The first-order chi connectivity index (χ1) is 17.2. The third-order valence-electron chi connectivity index (χ3n) is 6.69. The zero-order valence-electron chi connectivity index (χ0n) is 22.2. The molecule has 0 bridgehead atoms. The molecule has 3 rings (SSSR count). The lowest BCUT2D eigenvalue weighted by atomic mass is 9.93. The zero-order chi connectivity index (χ0) is 26.6. The van der Waals surface area contributed by atoms with E-state index in [-0.39, 0.29) is 11.3 Å². The number of benzene rings is 2. The summed E-state index contributed by atoms with van der Waals surface area (Å²) in [6.07, 6.45) is 0. The van der Waals surface area contributed by atoms with Crippen molar-refractivity contribution >= 4 is 17.4 Å². The van der Waals surface area contributed by atoms with Crippen molar-refractivity contribution in [3.63, 3.8) is 0 Å². The number of hydrogen-bond donors (Lipinski definition) is 1. The summed E-state index contributed by atoms with van der Waals surface area (Å²) in [5.41, 5.74) is 2.75. The van der Waals surface area contributed by atoms with Crippen LogP contribution in [-0.2, 0) is 9.59 Å². The molecule has 8 nitrogen and oxygen atoms in total. The van der Waals surface area contributed by atoms with E-state index in [0.717, 1.165) is 24.2 Å². The molecule has 1 aliphatic rings. The summed E-state index contributed by atoms with van der Waals surface area (Å²) in [7, 11) is 4.59. The maximum absolute atomic E-state index is 13.4. The number of nitrogens with zero attached hydrogens (tertiary/aromatic N) is 2. The molecule has 2 aromatic carbocycles. The van der Waals surface area contributed by atoms with Gasteiger partial charge in [0.25, 0.3) is 11.7 Å². The van der Waals surface area contributed by atoms with Crippen LogP contribution in [0.2, 0.25) is 0 Å². The lowest BCUT2D eigenvalue weighted by Gasteiger charge is -2.28. The maximum Gasteiger partial charge on any atom is 0.295 e. The smallest absolute Gasteiger partial charge is 0.295 e. The van der Waals surface area contributed by atoms with Crippen LogP contribution in [-0.4, -0.2) is 74.1 Å². The number of carbonyl (C=O) groups is 2. The standard InChI is InChI=1S/C28H36N2O6/c1-8-29(9-2)12-13-30-24(19-10-11-21(34-5)22(16-19)35-6)23(26(32)28(30)33)25(31)20-15-17(3)14-18(4)27(20)36-7/h10-11,14-16,24,31H,8-9,12-13H2,1-7H3/b25-23+. The average Bonchev–Trinajstić information content (AvgIpc) is 3.13. The predicted octanol–water partition coefficient (Wildman–Crippen LogP) is 4.09. The van der Waals surface area contributed by atoms with Gasteiger partial charge < -0.3 is 29.1 Å². The van der Waals surface area contributed by atoms with Crippen LogP contribution in [0.25, 0.3) is 5.76 Å². The van der Waals surface area contributed by atoms with Crippen LogP contribution in [0.5, 0.6) is 17.2 Å². The van der Waals surface area contributed by atoms with Gasteiger partial charge in [0.2, 0.25) is 0 Å². The molecule has 0 spiro atoms. The minimum atomic E-state index is -0.800. The van der Waals surface area contributed by atoms with E-state index in [2.05, 4.69) is 18.7 Å². The molecule has 1 amide bonds. The summed E-state index contributed by atoms with van der Waals surface area (Å²) < 4.78 is 16.4. The number of methoxy groups -OCH3 is 3. The number of aryl methyl sites for hydroxylation is 2. The molecule has 194 valence electrons. The van der Waals surface area contributed by atoms with Gasteiger partial charge >= 0.3 is 0 Å². The van der Waals surface area contributed by atoms with Gasteiger partial charge in [0.15, 0.2) is 11.5 Å². The lowest BCUT2D eigenvalue weighted by Crippen LogP contribution is -2.38. The van der Waals surface area contributed by atoms with Gasteiger partial charge in [-0.3, -0.25) is 9.59 Å². The van der Waals surface area contributed by atoms with E-state index in [9.17, 15) is 14.7 Å². The second-order valence-electron chi connectivity index (χ2n) is 8.80. The molecule has 1 saturated heterocycles. The second-order valence-corrected chi connectivity index (χ2v) is 8.80. The molecule has 0 aliphatic carbocycles. The Morgan fingerprint density at radius 2 is 1.64 bits per heavy atom. The van der Waals surface area contributed by atoms with Crippen LogP contribution in [0.4, 0.5) is 0 Å². The van der Waals surface area contributed by atoms with E-state index in [0.29, 0.717) is 41.5 Å². The molecular formula is C28H36N2O6. The molecule has 0 radical (unpaired) electrons. The van der Waals surface area contributed by atoms with Crippen molar-refractivity contribution in [2.45, 2.75) is 33.7 Å². The number of amides is 1. The van der Waals surface area contributed by atoms with Gasteiger partial charge in [-0.05, 0) is 61.8 Å². The Kier molecular flexibility index (Phi) is 8.63. The maximum atomic E-state index is 13.4. The third kappa shape index (κ3) is 5.04. The van der Waals surface area contributed by atoms with Gasteiger partial charge in [-0.2, -0.15) is 0 Å². The first kappa shape index (κ1) is 27.1. The Morgan fingerprint density at radius 1 is 0.972 bits per heavy atom. The van der Waals surface area contributed by atoms with Crippen LogP contribution in [0.3, 0.4) is 0 Å². The second kappa shape index (κ2) is 11.5. The molecule has 1 unspecified atom stereocenters. The summed E-state index contributed by atoms with van der Waals surface area (Å²) in [6, 6.07) is 8.15. The van der Waals surface area contributed by atoms with Crippen molar-refractivity contribution in [2.24, 2.45) is 0 Å². The van der Waals surface area contributed by atoms with Crippen LogP contribution in [0.1, 0.15) is 42.1 Å². The predicted molar refractivity (Wildman–Crippen MR) is 139 cm³/mol. The van der Waals surface area contributed by atoms with Gasteiger partial charge in [0, 0.05) is 13.1 Å². The van der Waals surface area contributed by atoms with E-state index in [1.54, 1.807) is 31.4 Å². The number of hydrogen-bond acceptors (Lipinski definition) is 7. The summed E-state index contributed by atoms with van der Waals surface area (Å²) in [5, 5.41) is 11.5. The quantitative estimate of drug-likeness (QED) is 0.301. The normalized spacial score (nSPS) is 17.1. The first-order valence-corrected chi connectivity index (χ1v) is 12.1. The number of carbonyl (C=O) groups excluding carboxylic acids is 2. The fourth-order valence-electron chi connectivity index (χ4n) is 4.82. The number of likely N-dealkylation sites (N-methyl/N-ethyl adjacent to an activating group) is 1. The molecule has 0 saturated carbocycles. The van der Waals surface area contributed by atoms with Crippen molar-refractivity contribution in [1.82, 2.24) is 9.80 Å². The number of Topliss-reactive ketones (excluding diaryl/α,β-unsaturated/α-hetero) is 1. The average molecular weight is 497 g/mol. The summed E-state index contributed by atoms with van der Waals surface area (Å²) in [4.78, 5) is 30.5. The molecule has 1 fully saturated rings. The fourth-order valence-corrected chi connectivity index (χ4v) is 4.82. The van der Waals surface area contributed by atoms with E-state index in [1.807, 2.05) is 19.9 Å². The van der Waals surface area contributed by atoms with Crippen molar-refractivity contribution in [1.29, 1.82) is 0 Å². The number of rotatable bonds is 10. The molecule has 1 aliphatic heterocycles. The van der Waals surface area contributed by atoms with E-state index < -0.39 is 17.7 Å². The van der Waals surface area contributed by atoms with E-state index in [4.69, 9.17) is 14.2 Å². The van der Waals surface area contributed by atoms with E-state index >= 15 is 0 Å². The SMILES string of the molecule is CCN(CC)CCN1C(=O)C(=O)/C(=C(/O)c2cc(C)cc(C)c2OC)C1c1ccc(OC)c(OC)c1. The molecule has 1 N–H and O–H groups in total. The van der Waals surface area contributed by atoms with Crippen LogP contribution in [0, 0.1) is 13.8 Å². The van der Waals surface area contributed by atoms with Crippen LogP contribution < -0.4 is 14.2 Å². The third-order valence-corrected chi connectivity index (χ3v) is 6.69. The highest BCUT2D eigenvalue weighted by Gasteiger charge is 2.46. The summed E-state index contributed by atoms with van der Waals surface area (Å²) in [5.74, 6) is -0.189. The van der Waals surface area contributed by atoms with Crippen molar-refractivity contribution in [3.8, 4) is 17.2 Å². The number of aliphatic hydroxyl groups is 1. The molecule has 36 heavy (non-hydrogen) atoms. The molecule has 1 atom stereocenters. The number of likely N-dealkylation sites (tertiary alicyclic amines) is 1. The monoisotopic (exact) mass is 496 g/mol. The number of ether oxygens (including phenoxy) is 3. The Labute approximate surface area is 213 Å². The topological polar surface area (TPSA) is 88.5 Å². The number of ketones is 1. The van der Waals surface area contributed by atoms with E-state index in [1.165, 1.54) is 19.1 Å². The minimum Gasteiger partial charge on any atom is -0.507 e. The van der Waals surface area contributed by atoms with Crippen LogP contribution >= 0.6 is 0 Å². The van der Waals surface area contributed by atoms with Gasteiger partial charge in [-0.25, -0.2) is 0 Å². The van der Waals surface area contributed by atoms with Crippen LogP contribution in [0.15, 0.2) is 35.9 Å².